The number of aromatic nitrogens is 2. The van der Waals surface area contributed by atoms with Crippen molar-refractivity contribution in [2.24, 2.45) is 0 Å². The molecule has 0 atom stereocenters. The average Bonchev–Trinajstić information content (AvgIpc) is 3.15. The number of rotatable bonds is 5. The van der Waals surface area contributed by atoms with E-state index in [0.717, 1.165) is 6.41 Å². The molecule has 0 aliphatic carbocycles. The summed E-state index contributed by atoms with van der Waals surface area (Å²) in [4.78, 5) is 24.4. The van der Waals surface area contributed by atoms with Gasteiger partial charge in [0.05, 0.1) is 4.90 Å². The first-order valence-electron chi connectivity index (χ1n) is 7.38. The van der Waals surface area contributed by atoms with Gasteiger partial charge in [-0.1, -0.05) is 11.3 Å². The zero-order chi connectivity index (χ0) is 17.9. The number of anilines is 1. The fourth-order valence-corrected chi connectivity index (χ4v) is 4.24. The van der Waals surface area contributed by atoms with Crippen LogP contribution in [0.15, 0.2) is 34.7 Å². The Morgan fingerprint density at radius 2 is 1.84 bits per heavy atom. The lowest BCUT2D eigenvalue weighted by Crippen LogP contribution is -2.47. The molecular weight excluding hydrogens is 366 g/mol. The van der Waals surface area contributed by atoms with Crippen molar-refractivity contribution in [3.05, 3.63) is 35.3 Å². The number of hydrogen-bond donors (Lipinski definition) is 1. The van der Waals surface area contributed by atoms with E-state index in [1.807, 2.05) is 0 Å². The summed E-state index contributed by atoms with van der Waals surface area (Å²) < 4.78 is 26.6. The molecule has 2 heterocycles. The van der Waals surface area contributed by atoms with E-state index in [2.05, 4.69) is 15.5 Å². The van der Waals surface area contributed by atoms with Gasteiger partial charge in [-0.3, -0.25) is 14.9 Å². The number of carbonyl (C=O) groups excluding carboxylic acids is 2. The lowest BCUT2D eigenvalue weighted by Gasteiger charge is -2.31. The summed E-state index contributed by atoms with van der Waals surface area (Å²) >= 11 is 1.19. The van der Waals surface area contributed by atoms with E-state index >= 15 is 0 Å². The SMILES string of the molecule is O=CN1CCN(S(=O)(=O)c2ccc(C(=O)Nc3nncs3)cc2)CC1. The van der Waals surface area contributed by atoms with E-state index in [1.165, 1.54) is 50.3 Å². The standard InChI is InChI=1S/C14H15N5O4S2/c20-10-18-5-7-19(8-6-18)25(22,23)12-3-1-11(2-4-12)13(21)16-14-17-15-9-24-14/h1-4,9-10H,5-8H2,(H,16,17,21). The van der Waals surface area contributed by atoms with Gasteiger partial charge in [0.25, 0.3) is 5.91 Å². The molecule has 0 saturated carbocycles. The van der Waals surface area contributed by atoms with Crippen LogP contribution in [0.2, 0.25) is 0 Å². The van der Waals surface area contributed by atoms with Gasteiger partial charge in [0.1, 0.15) is 5.51 Å². The Morgan fingerprint density at radius 1 is 1.16 bits per heavy atom. The third-order valence-corrected chi connectivity index (χ3v) is 6.28. The van der Waals surface area contributed by atoms with Crippen molar-refractivity contribution >= 4 is 38.8 Å². The third-order valence-electron chi connectivity index (χ3n) is 3.76. The first-order chi connectivity index (χ1) is 12.0. The number of nitrogens with one attached hydrogen (secondary N) is 1. The highest BCUT2D eigenvalue weighted by molar-refractivity contribution is 7.89. The van der Waals surface area contributed by atoms with E-state index in [9.17, 15) is 18.0 Å². The number of amides is 2. The first-order valence-corrected chi connectivity index (χ1v) is 9.70. The van der Waals surface area contributed by atoms with Gasteiger partial charge in [-0.25, -0.2) is 8.42 Å². The van der Waals surface area contributed by atoms with Crippen molar-refractivity contribution in [3.8, 4) is 0 Å². The molecule has 25 heavy (non-hydrogen) atoms. The number of piperazine rings is 1. The minimum Gasteiger partial charge on any atom is -0.343 e. The van der Waals surface area contributed by atoms with Crippen molar-refractivity contribution in [3.63, 3.8) is 0 Å². The zero-order valence-electron chi connectivity index (χ0n) is 13.0. The lowest BCUT2D eigenvalue weighted by atomic mass is 10.2. The summed E-state index contributed by atoms with van der Waals surface area (Å²) in [5, 5.41) is 10.3. The summed E-state index contributed by atoms with van der Waals surface area (Å²) in [7, 11) is -3.65. The normalized spacial score (nSPS) is 15.8. The number of carbonyl (C=O) groups is 2. The summed E-state index contributed by atoms with van der Waals surface area (Å²) in [6.45, 7) is 1.23. The minimum atomic E-state index is -3.65. The zero-order valence-corrected chi connectivity index (χ0v) is 14.7. The van der Waals surface area contributed by atoms with Gasteiger partial charge in [-0.2, -0.15) is 4.31 Å². The Balaban J connectivity index is 1.71. The quantitative estimate of drug-likeness (QED) is 0.743. The molecule has 0 spiro atoms. The van der Waals surface area contributed by atoms with E-state index in [0.29, 0.717) is 23.8 Å². The fraction of sp³-hybridized carbons (Fsp3) is 0.286. The van der Waals surface area contributed by atoms with E-state index in [-0.39, 0.29) is 23.9 Å². The highest BCUT2D eigenvalue weighted by Crippen LogP contribution is 2.19. The highest BCUT2D eigenvalue weighted by Gasteiger charge is 2.28. The van der Waals surface area contributed by atoms with Crippen molar-refractivity contribution in [1.82, 2.24) is 19.4 Å². The third kappa shape index (κ3) is 3.83. The van der Waals surface area contributed by atoms with Crippen LogP contribution in [0.5, 0.6) is 0 Å². The molecule has 1 saturated heterocycles. The largest absolute Gasteiger partial charge is 0.343 e. The molecule has 0 unspecified atom stereocenters. The monoisotopic (exact) mass is 381 g/mol. The van der Waals surface area contributed by atoms with Crippen LogP contribution in [0, 0.1) is 0 Å². The lowest BCUT2D eigenvalue weighted by molar-refractivity contribution is -0.119. The molecular formula is C14H15N5O4S2. The van der Waals surface area contributed by atoms with Crippen molar-refractivity contribution in [1.29, 1.82) is 0 Å². The molecule has 3 rings (SSSR count). The molecule has 1 aliphatic heterocycles. The second-order valence-electron chi connectivity index (χ2n) is 5.27. The van der Waals surface area contributed by atoms with Crippen LogP contribution >= 0.6 is 11.3 Å². The van der Waals surface area contributed by atoms with Crippen LogP contribution in [0.25, 0.3) is 0 Å². The van der Waals surface area contributed by atoms with Crippen LogP contribution < -0.4 is 5.32 Å². The molecule has 1 aromatic carbocycles. The van der Waals surface area contributed by atoms with Crippen LogP contribution in [0.1, 0.15) is 10.4 Å². The van der Waals surface area contributed by atoms with Crippen LogP contribution in [0.4, 0.5) is 5.13 Å². The highest BCUT2D eigenvalue weighted by atomic mass is 32.2. The summed E-state index contributed by atoms with van der Waals surface area (Å²) in [6.07, 6.45) is 0.718. The van der Waals surface area contributed by atoms with E-state index in [4.69, 9.17) is 0 Å². The van der Waals surface area contributed by atoms with Crippen LogP contribution in [-0.2, 0) is 14.8 Å². The molecule has 2 aromatic rings. The summed E-state index contributed by atoms with van der Waals surface area (Å²) in [5.41, 5.74) is 1.82. The number of hydrogen-bond acceptors (Lipinski definition) is 7. The van der Waals surface area contributed by atoms with Gasteiger partial charge in [0.2, 0.25) is 21.6 Å². The molecule has 1 aliphatic rings. The molecule has 9 nitrogen and oxygen atoms in total. The van der Waals surface area contributed by atoms with Crippen LogP contribution in [0.3, 0.4) is 0 Å². The first kappa shape index (κ1) is 17.5. The maximum atomic E-state index is 12.6. The van der Waals surface area contributed by atoms with E-state index < -0.39 is 10.0 Å². The minimum absolute atomic E-state index is 0.111. The molecule has 1 fully saturated rings. The molecule has 1 aromatic heterocycles. The number of nitrogens with zero attached hydrogens (tertiary/aromatic N) is 4. The van der Waals surface area contributed by atoms with Crippen LogP contribution in [-0.4, -0.2) is 66.3 Å². The molecule has 0 bridgehead atoms. The Hall–Kier alpha value is -2.37. The van der Waals surface area contributed by atoms with Crippen molar-refractivity contribution in [2.45, 2.75) is 4.90 Å². The predicted molar refractivity (Wildman–Crippen MR) is 90.7 cm³/mol. The molecule has 132 valence electrons. The maximum absolute atomic E-state index is 12.6. The van der Waals surface area contributed by atoms with Gasteiger partial charge in [0.15, 0.2) is 0 Å². The van der Waals surface area contributed by atoms with Gasteiger partial charge in [-0.15, -0.1) is 10.2 Å². The fourth-order valence-electron chi connectivity index (χ4n) is 2.37. The van der Waals surface area contributed by atoms with Crippen molar-refractivity contribution < 1.29 is 18.0 Å². The molecule has 2 amide bonds. The van der Waals surface area contributed by atoms with E-state index in [1.54, 1.807) is 0 Å². The molecule has 11 heteroatoms. The van der Waals surface area contributed by atoms with Gasteiger partial charge < -0.3 is 4.90 Å². The Labute approximate surface area is 148 Å². The molecule has 1 N–H and O–H groups in total. The molecule has 0 radical (unpaired) electrons. The van der Waals surface area contributed by atoms with Crippen molar-refractivity contribution in [2.75, 3.05) is 31.5 Å². The van der Waals surface area contributed by atoms with Gasteiger partial charge >= 0.3 is 0 Å². The summed E-state index contributed by atoms with van der Waals surface area (Å²) in [5.74, 6) is -0.389. The predicted octanol–water partition coefficient (Wildman–Crippen LogP) is 0.253. The summed E-state index contributed by atoms with van der Waals surface area (Å²) in [6, 6.07) is 5.70. The average molecular weight is 381 g/mol. The Kier molecular flexibility index (Phi) is 5.06. The number of sulfonamides is 1. The maximum Gasteiger partial charge on any atom is 0.257 e. The smallest absolute Gasteiger partial charge is 0.257 e. The van der Waals surface area contributed by atoms with Gasteiger partial charge in [-0.05, 0) is 24.3 Å². The Bertz CT molecular complexity index is 844. The number of benzene rings is 1. The topological polar surface area (TPSA) is 113 Å². The Morgan fingerprint density at radius 3 is 2.40 bits per heavy atom. The second kappa shape index (κ2) is 7.25. The van der Waals surface area contributed by atoms with Gasteiger partial charge in [0, 0.05) is 31.7 Å². The second-order valence-corrected chi connectivity index (χ2v) is 8.04.